The minimum atomic E-state index is -1.25. The zero-order valence-electron chi connectivity index (χ0n) is 12.2. The quantitative estimate of drug-likeness (QED) is 0.634. The summed E-state index contributed by atoms with van der Waals surface area (Å²) in [6, 6.07) is 6.25. The number of rotatable bonds is 5. The van der Waals surface area contributed by atoms with Crippen molar-refractivity contribution in [2.24, 2.45) is 0 Å². The average molecular weight is 304 g/mol. The van der Waals surface area contributed by atoms with E-state index in [1.54, 1.807) is 24.3 Å². The molecule has 1 saturated heterocycles. The Morgan fingerprint density at radius 1 is 1.32 bits per heavy atom. The molecular weight excluding hydrogens is 288 g/mol. The van der Waals surface area contributed by atoms with Gasteiger partial charge in [0.25, 0.3) is 5.91 Å². The summed E-state index contributed by atoms with van der Waals surface area (Å²) in [5, 5.41) is 11.0. The lowest BCUT2D eigenvalue weighted by Crippen LogP contribution is -2.35. The fourth-order valence-electron chi connectivity index (χ4n) is 1.93. The van der Waals surface area contributed by atoms with Crippen LogP contribution >= 0.6 is 0 Å². The smallest absolute Gasteiger partial charge is 0.329 e. The Labute approximate surface area is 127 Å². The van der Waals surface area contributed by atoms with E-state index >= 15 is 0 Å². The van der Waals surface area contributed by atoms with Gasteiger partial charge in [-0.3, -0.25) is 9.59 Å². The number of amides is 3. The summed E-state index contributed by atoms with van der Waals surface area (Å²) in [6.45, 7) is 3.17. The van der Waals surface area contributed by atoms with Crippen LogP contribution in [0.5, 0.6) is 5.75 Å². The summed E-state index contributed by atoms with van der Waals surface area (Å²) >= 11 is 0. The first-order valence-electron chi connectivity index (χ1n) is 6.70. The van der Waals surface area contributed by atoms with Crippen LogP contribution < -0.4 is 10.1 Å². The number of benzene rings is 1. The Morgan fingerprint density at radius 3 is 2.50 bits per heavy atom. The number of imide groups is 1. The van der Waals surface area contributed by atoms with Crippen LogP contribution in [-0.2, 0) is 9.59 Å². The molecular formula is C15H16N2O5. The number of carbonyl (C=O) groups is 3. The summed E-state index contributed by atoms with van der Waals surface area (Å²) < 4.78 is 5.51. The Hall–Kier alpha value is -2.83. The molecule has 1 fully saturated rings. The van der Waals surface area contributed by atoms with Crippen LogP contribution in [0.2, 0.25) is 0 Å². The van der Waals surface area contributed by atoms with Gasteiger partial charge in [0.05, 0.1) is 6.10 Å². The third-order valence-corrected chi connectivity index (χ3v) is 2.82. The molecule has 0 unspecified atom stereocenters. The largest absolute Gasteiger partial charge is 0.491 e. The van der Waals surface area contributed by atoms with Crippen molar-refractivity contribution in [2.75, 3.05) is 6.54 Å². The first-order chi connectivity index (χ1) is 10.4. The van der Waals surface area contributed by atoms with E-state index in [2.05, 4.69) is 5.32 Å². The number of hydrogen-bond donors (Lipinski definition) is 2. The number of aliphatic carboxylic acids is 1. The number of hydrogen-bond acceptors (Lipinski definition) is 4. The lowest BCUT2D eigenvalue weighted by molar-refractivity contribution is -0.140. The molecule has 1 aliphatic rings. The van der Waals surface area contributed by atoms with Crippen molar-refractivity contribution in [3.05, 3.63) is 35.5 Å². The molecule has 1 aliphatic heterocycles. The van der Waals surface area contributed by atoms with Crippen molar-refractivity contribution >= 4 is 24.0 Å². The summed E-state index contributed by atoms with van der Waals surface area (Å²) in [5.74, 6) is -1.21. The lowest BCUT2D eigenvalue weighted by atomic mass is 10.2. The van der Waals surface area contributed by atoms with Crippen molar-refractivity contribution in [1.82, 2.24) is 10.2 Å². The number of carboxylic acids is 1. The fourth-order valence-corrected chi connectivity index (χ4v) is 1.93. The van der Waals surface area contributed by atoms with Crippen molar-refractivity contribution in [3.8, 4) is 5.75 Å². The standard InChI is InChI=1S/C15H16N2O5/c1-9(2)22-11-5-3-10(4-6-11)7-12-14(20)17(8-13(18)19)15(21)16-12/h3-7,9H,8H2,1-2H3,(H,16,21)(H,18,19). The molecule has 7 heteroatoms. The third-order valence-electron chi connectivity index (χ3n) is 2.82. The summed E-state index contributed by atoms with van der Waals surface area (Å²) in [6.07, 6.45) is 1.55. The van der Waals surface area contributed by atoms with Gasteiger partial charge in [-0.1, -0.05) is 12.1 Å². The number of nitrogens with one attached hydrogen (secondary N) is 1. The van der Waals surface area contributed by atoms with E-state index in [0.717, 1.165) is 0 Å². The maximum absolute atomic E-state index is 12.0. The van der Waals surface area contributed by atoms with Crippen LogP contribution in [0.3, 0.4) is 0 Å². The van der Waals surface area contributed by atoms with Gasteiger partial charge in [0.2, 0.25) is 0 Å². The van der Waals surface area contributed by atoms with Gasteiger partial charge >= 0.3 is 12.0 Å². The minimum absolute atomic E-state index is 0.0452. The van der Waals surface area contributed by atoms with Gasteiger partial charge in [-0.05, 0) is 37.6 Å². The maximum Gasteiger partial charge on any atom is 0.329 e. The molecule has 2 N–H and O–H groups in total. The van der Waals surface area contributed by atoms with E-state index in [4.69, 9.17) is 9.84 Å². The molecule has 0 aliphatic carbocycles. The molecule has 3 amide bonds. The molecule has 116 valence electrons. The normalized spacial score (nSPS) is 16.3. The highest BCUT2D eigenvalue weighted by molar-refractivity contribution is 6.15. The van der Waals surface area contributed by atoms with Gasteiger partial charge in [0.15, 0.2) is 0 Å². The molecule has 1 aromatic carbocycles. The second kappa shape index (κ2) is 6.30. The maximum atomic E-state index is 12.0. The van der Waals surface area contributed by atoms with Crippen LogP contribution in [0.25, 0.3) is 6.08 Å². The van der Waals surface area contributed by atoms with Gasteiger partial charge in [-0.25, -0.2) is 9.69 Å². The SMILES string of the molecule is CC(C)Oc1ccc(C=C2NC(=O)N(CC(=O)O)C2=O)cc1. The zero-order valence-corrected chi connectivity index (χ0v) is 12.2. The molecule has 22 heavy (non-hydrogen) atoms. The van der Waals surface area contributed by atoms with Gasteiger partial charge < -0.3 is 15.2 Å². The molecule has 0 radical (unpaired) electrons. The lowest BCUT2D eigenvalue weighted by Gasteiger charge is -2.09. The monoisotopic (exact) mass is 304 g/mol. The van der Waals surface area contributed by atoms with Crippen LogP contribution in [0, 0.1) is 0 Å². The number of urea groups is 1. The second-order valence-corrected chi connectivity index (χ2v) is 5.01. The van der Waals surface area contributed by atoms with E-state index < -0.39 is 24.5 Å². The highest BCUT2D eigenvalue weighted by Gasteiger charge is 2.34. The summed E-state index contributed by atoms with van der Waals surface area (Å²) in [5.41, 5.74) is 0.737. The van der Waals surface area contributed by atoms with Crippen LogP contribution in [0.1, 0.15) is 19.4 Å². The molecule has 0 aromatic heterocycles. The predicted octanol–water partition coefficient (Wildman–Crippen LogP) is 1.45. The molecule has 1 aromatic rings. The van der Waals surface area contributed by atoms with Crippen LogP contribution in [-0.4, -0.2) is 40.6 Å². The van der Waals surface area contributed by atoms with Gasteiger partial charge in [0, 0.05) is 0 Å². The highest BCUT2D eigenvalue weighted by atomic mass is 16.5. The highest BCUT2D eigenvalue weighted by Crippen LogP contribution is 2.18. The number of carbonyl (C=O) groups excluding carboxylic acids is 2. The Balaban J connectivity index is 2.14. The molecule has 0 saturated carbocycles. The molecule has 0 spiro atoms. The summed E-state index contributed by atoms with van der Waals surface area (Å²) in [7, 11) is 0. The molecule has 7 nitrogen and oxygen atoms in total. The van der Waals surface area contributed by atoms with E-state index in [1.807, 2.05) is 13.8 Å². The van der Waals surface area contributed by atoms with Gasteiger partial charge in [0.1, 0.15) is 18.0 Å². The average Bonchev–Trinajstić information content (AvgIpc) is 2.68. The van der Waals surface area contributed by atoms with Gasteiger partial charge in [-0.15, -0.1) is 0 Å². The Kier molecular flexibility index (Phi) is 4.45. The molecule has 2 rings (SSSR count). The fraction of sp³-hybridized carbons (Fsp3) is 0.267. The molecule has 0 bridgehead atoms. The molecule has 0 atom stereocenters. The van der Waals surface area contributed by atoms with Crippen LogP contribution in [0.4, 0.5) is 4.79 Å². The van der Waals surface area contributed by atoms with E-state index in [1.165, 1.54) is 6.08 Å². The Morgan fingerprint density at radius 2 is 1.95 bits per heavy atom. The topological polar surface area (TPSA) is 95.9 Å². The number of ether oxygens (including phenoxy) is 1. The minimum Gasteiger partial charge on any atom is -0.491 e. The number of nitrogens with zero attached hydrogens (tertiary/aromatic N) is 1. The zero-order chi connectivity index (χ0) is 16.3. The second-order valence-electron chi connectivity index (χ2n) is 5.01. The first-order valence-corrected chi connectivity index (χ1v) is 6.70. The summed E-state index contributed by atoms with van der Waals surface area (Å²) in [4.78, 5) is 34.8. The van der Waals surface area contributed by atoms with E-state index in [-0.39, 0.29) is 11.8 Å². The van der Waals surface area contributed by atoms with E-state index in [9.17, 15) is 14.4 Å². The first kappa shape index (κ1) is 15.6. The van der Waals surface area contributed by atoms with Crippen molar-refractivity contribution < 1.29 is 24.2 Å². The van der Waals surface area contributed by atoms with Crippen molar-refractivity contribution in [2.45, 2.75) is 20.0 Å². The third kappa shape index (κ3) is 3.63. The van der Waals surface area contributed by atoms with Crippen molar-refractivity contribution in [3.63, 3.8) is 0 Å². The predicted molar refractivity (Wildman–Crippen MR) is 78.1 cm³/mol. The Bertz CT molecular complexity index is 634. The number of carboxylic acid groups (broad SMARTS) is 1. The van der Waals surface area contributed by atoms with Crippen molar-refractivity contribution in [1.29, 1.82) is 0 Å². The van der Waals surface area contributed by atoms with Crippen LogP contribution in [0.15, 0.2) is 30.0 Å². The van der Waals surface area contributed by atoms with E-state index in [0.29, 0.717) is 16.2 Å². The van der Waals surface area contributed by atoms with Gasteiger partial charge in [-0.2, -0.15) is 0 Å². The molecule has 1 heterocycles.